The van der Waals surface area contributed by atoms with E-state index in [9.17, 15) is 19.8 Å². The number of aliphatic hydroxyl groups is 1. The smallest absolute Gasteiger partial charge is 0.290 e. The lowest BCUT2D eigenvalue weighted by Crippen LogP contribution is -2.34. The molecule has 4 rings (SSSR count). The molecule has 2 aromatic carbocycles. The number of Topliss-reactive ketones (excluding diaryl/α,β-unsaturated/α-hetero) is 1. The minimum atomic E-state index is -0.905. The fourth-order valence-corrected chi connectivity index (χ4v) is 3.74. The molecule has 1 unspecified atom stereocenters. The van der Waals surface area contributed by atoms with Crippen LogP contribution in [0.3, 0.4) is 0 Å². The van der Waals surface area contributed by atoms with Gasteiger partial charge in [-0.2, -0.15) is 0 Å². The Bertz CT molecular complexity index is 1160. The molecule has 1 amide bonds. The van der Waals surface area contributed by atoms with Crippen LogP contribution in [0, 0.1) is 0 Å². The van der Waals surface area contributed by atoms with Crippen LogP contribution >= 0.6 is 0 Å². The monoisotopic (exact) mass is 423 g/mol. The third-order valence-electron chi connectivity index (χ3n) is 5.25. The third-order valence-corrected chi connectivity index (χ3v) is 5.25. The Morgan fingerprint density at radius 1 is 1.13 bits per heavy atom. The van der Waals surface area contributed by atoms with Gasteiger partial charge in [-0.25, -0.2) is 0 Å². The molecule has 0 radical (unpaired) electrons. The number of carbonyl (C=O) groups excluding carboxylic acids is 2. The molecule has 1 aromatic heterocycles. The second-order valence-electron chi connectivity index (χ2n) is 7.07. The van der Waals surface area contributed by atoms with E-state index in [1.807, 2.05) is 6.07 Å². The predicted octanol–water partition coefficient (Wildman–Crippen LogP) is 3.37. The molecular formula is C23H21NO7. The molecule has 1 aliphatic heterocycles. The molecule has 8 heteroatoms. The van der Waals surface area contributed by atoms with Gasteiger partial charge in [0.25, 0.3) is 5.91 Å². The number of nitrogens with zero attached hydrogens (tertiary/aromatic N) is 1. The van der Waals surface area contributed by atoms with E-state index >= 15 is 0 Å². The Kier molecular flexibility index (Phi) is 5.39. The van der Waals surface area contributed by atoms with Gasteiger partial charge < -0.3 is 29.0 Å². The lowest BCUT2D eigenvalue weighted by atomic mass is 9.94. The topological polar surface area (TPSA) is 109 Å². The highest BCUT2D eigenvalue weighted by Gasteiger charge is 2.44. The van der Waals surface area contributed by atoms with Crippen LogP contribution in [-0.4, -0.2) is 54.2 Å². The van der Waals surface area contributed by atoms with Gasteiger partial charge in [0.2, 0.25) is 5.78 Å². The minimum absolute atomic E-state index is 0.0138. The van der Waals surface area contributed by atoms with Crippen LogP contribution in [0.1, 0.15) is 22.2 Å². The van der Waals surface area contributed by atoms with Crippen LogP contribution in [0.4, 0.5) is 0 Å². The molecule has 0 spiro atoms. The summed E-state index contributed by atoms with van der Waals surface area (Å²) in [5, 5.41) is 21.3. The van der Waals surface area contributed by atoms with E-state index in [4.69, 9.17) is 13.9 Å². The number of ether oxygens (including phenoxy) is 2. The Morgan fingerprint density at radius 2 is 1.90 bits per heavy atom. The highest BCUT2D eigenvalue weighted by atomic mass is 16.5. The lowest BCUT2D eigenvalue weighted by molar-refractivity contribution is -0.130. The minimum Gasteiger partial charge on any atom is -0.504 e. The van der Waals surface area contributed by atoms with Crippen LogP contribution in [0.2, 0.25) is 0 Å². The Hall–Kier alpha value is -3.78. The fourth-order valence-electron chi connectivity index (χ4n) is 3.74. The zero-order chi connectivity index (χ0) is 22.1. The number of furan rings is 1. The molecule has 0 aliphatic carbocycles. The van der Waals surface area contributed by atoms with Crippen molar-refractivity contribution >= 4 is 22.7 Å². The van der Waals surface area contributed by atoms with E-state index in [1.165, 1.54) is 31.3 Å². The van der Waals surface area contributed by atoms with E-state index in [1.54, 1.807) is 30.3 Å². The largest absolute Gasteiger partial charge is 0.504 e. The Balaban J connectivity index is 1.82. The average Bonchev–Trinajstić information content (AvgIpc) is 3.32. The summed E-state index contributed by atoms with van der Waals surface area (Å²) in [6.45, 7) is 0.348. The van der Waals surface area contributed by atoms with Crippen LogP contribution in [0.25, 0.3) is 11.0 Å². The molecule has 3 aromatic rings. The van der Waals surface area contributed by atoms with Crippen LogP contribution in [-0.2, 0) is 9.53 Å². The molecular weight excluding hydrogens is 402 g/mol. The molecule has 1 aliphatic rings. The maximum Gasteiger partial charge on any atom is 0.290 e. The van der Waals surface area contributed by atoms with Gasteiger partial charge in [-0.15, -0.1) is 0 Å². The molecule has 0 bridgehead atoms. The molecule has 8 nitrogen and oxygen atoms in total. The van der Waals surface area contributed by atoms with Crippen LogP contribution in [0.5, 0.6) is 11.5 Å². The number of benzene rings is 2. The van der Waals surface area contributed by atoms with Gasteiger partial charge in [0, 0.05) is 19.0 Å². The van der Waals surface area contributed by atoms with Gasteiger partial charge in [0.1, 0.15) is 5.58 Å². The van der Waals surface area contributed by atoms with Crippen molar-refractivity contribution in [3.8, 4) is 11.5 Å². The first-order valence-electron chi connectivity index (χ1n) is 9.59. The summed E-state index contributed by atoms with van der Waals surface area (Å²) in [4.78, 5) is 27.6. The highest BCUT2D eigenvalue weighted by molar-refractivity contribution is 6.16. The van der Waals surface area contributed by atoms with Crippen molar-refractivity contribution in [2.45, 2.75) is 6.04 Å². The van der Waals surface area contributed by atoms with Crippen molar-refractivity contribution in [2.24, 2.45) is 0 Å². The lowest BCUT2D eigenvalue weighted by Gasteiger charge is -2.26. The number of ketones is 1. The molecule has 0 saturated carbocycles. The van der Waals surface area contributed by atoms with Crippen molar-refractivity contribution in [1.29, 1.82) is 0 Å². The fraction of sp³-hybridized carbons (Fsp3) is 0.217. The zero-order valence-electron chi connectivity index (χ0n) is 17.0. The maximum absolute atomic E-state index is 13.4. The zero-order valence-corrected chi connectivity index (χ0v) is 17.0. The number of para-hydroxylation sites is 1. The van der Waals surface area contributed by atoms with Crippen molar-refractivity contribution < 1.29 is 33.7 Å². The first-order valence-corrected chi connectivity index (χ1v) is 9.59. The molecule has 31 heavy (non-hydrogen) atoms. The first kappa shape index (κ1) is 20.5. The van der Waals surface area contributed by atoms with E-state index in [-0.39, 0.29) is 36.0 Å². The number of hydrogen-bond acceptors (Lipinski definition) is 7. The van der Waals surface area contributed by atoms with Crippen molar-refractivity contribution in [3.63, 3.8) is 0 Å². The summed E-state index contributed by atoms with van der Waals surface area (Å²) in [5.74, 6) is -1.82. The first-order chi connectivity index (χ1) is 15.0. The van der Waals surface area contributed by atoms with Crippen LogP contribution in [0.15, 0.2) is 64.3 Å². The van der Waals surface area contributed by atoms with Crippen molar-refractivity contribution in [1.82, 2.24) is 4.90 Å². The normalized spacial score (nSPS) is 16.4. The number of aromatic hydroxyl groups is 1. The summed E-state index contributed by atoms with van der Waals surface area (Å²) in [5.41, 5.74) is 0.907. The quantitative estimate of drug-likeness (QED) is 0.561. The number of phenolic OH excluding ortho intramolecular Hbond substituents is 1. The number of fused-ring (bicyclic) bond motifs is 1. The standard InChI is InChI=1S/C23H21NO7/c1-29-10-9-24-20(14-7-8-15(25)17(12-14)30-2)19(22(27)23(24)28)21(26)18-11-13-5-3-4-6-16(13)31-18/h3-8,11-12,20,25,27H,9-10H2,1-2H3. The van der Waals surface area contributed by atoms with Crippen LogP contribution < -0.4 is 4.74 Å². The Morgan fingerprint density at radius 3 is 2.61 bits per heavy atom. The average molecular weight is 423 g/mol. The van der Waals surface area contributed by atoms with E-state index in [2.05, 4.69) is 0 Å². The van der Waals surface area contributed by atoms with E-state index in [0.29, 0.717) is 11.1 Å². The van der Waals surface area contributed by atoms with Gasteiger partial charge in [-0.05, 0) is 29.8 Å². The summed E-state index contributed by atoms with van der Waals surface area (Å²) < 4.78 is 15.9. The van der Waals surface area contributed by atoms with Gasteiger partial charge in [0.05, 0.1) is 25.3 Å². The SMILES string of the molecule is COCCN1C(=O)C(O)=C(C(=O)c2cc3ccccc3o2)C1c1ccc(O)c(OC)c1. The molecule has 1 atom stereocenters. The summed E-state index contributed by atoms with van der Waals surface area (Å²) in [6, 6.07) is 12.3. The van der Waals surface area contributed by atoms with Gasteiger partial charge in [-0.1, -0.05) is 24.3 Å². The number of phenols is 1. The van der Waals surface area contributed by atoms with Gasteiger partial charge >= 0.3 is 0 Å². The number of amides is 1. The van der Waals surface area contributed by atoms with Crippen molar-refractivity contribution in [3.05, 3.63) is 71.2 Å². The number of hydrogen-bond donors (Lipinski definition) is 2. The number of methoxy groups -OCH3 is 2. The molecule has 160 valence electrons. The summed E-state index contributed by atoms with van der Waals surface area (Å²) in [7, 11) is 2.89. The molecule has 2 N–H and O–H groups in total. The van der Waals surface area contributed by atoms with Gasteiger partial charge in [0.15, 0.2) is 23.0 Å². The second-order valence-corrected chi connectivity index (χ2v) is 7.07. The number of carbonyl (C=O) groups is 2. The van der Waals surface area contributed by atoms with E-state index in [0.717, 1.165) is 5.39 Å². The summed E-state index contributed by atoms with van der Waals surface area (Å²) >= 11 is 0. The molecule has 0 fully saturated rings. The van der Waals surface area contributed by atoms with Gasteiger partial charge in [-0.3, -0.25) is 9.59 Å². The summed E-state index contributed by atoms with van der Waals surface area (Å²) in [6.07, 6.45) is 0. The highest BCUT2D eigenvalue weighted by Crippen LogP contribution is 2.41. The second kappa shape index (κ2) is 8.16. The number of aliphatic hydroxyl groups excluding tert-OH is 1. The maximum atomic E-state index is 13.4. The molecule has 2 heterocycles. The third kappa shape index (κ3) is 3.51. The number of rotatable bonds is 7. The predicted molar refractivity (Wildman–Crippen MR) is 111 cm³/mol. The van der Waals surface area contributed by atoms with E-state index < -0.39 is 23.5 Å². The Labute approximate surface area is 177 Å². The van der Waals surface area contributed by atoms with Crippen molar-refractivity contribution in [2.75, 3.05) is 27.4 Å². The molecule has 0 saturated heterocycles.